The molecule has 0 aliphatic rings. The number of para-hydroxylation sites is 2. The van der Waals surface area contributed by atoms with E-state index in [2.05, 4.69) is 0 Å². The second-order valence-corrected chi connectivity index (χ2v) is 4.86. The van der Waals surface area contributed by atoms with E-state index in [1.165, 1.54) is 0 Å². The Balaban J connectivity index is 2.27. The number of hydrogen-bond donors (Lipinski definition) is 1. The second-order valence-electron chi connectivity index (χ2n) is 4.55. The Morgan fingerprint density at radius 2 is 1.62 bits per heavy atom. The van der Waals surface area contributed by atoms with Gasteiger partial charge >= 0.3 is 0 Å². The molecule has 0 saturated heterocycles. The van der Waals surface area contributed by atoms with Gasteiger partial charge in [0.15, 0.2) is 17.6 Å². The molecule has 0 fully saturated rings. The molecule has 21 heavy (non-hydrogen) atoms. The van der Waals surface area contributed by atoms with Gasteiger partial charge in [-0.1, -0.05) is 42.5 Å². The van der Waals surface area contributed by atoms with E-state index in [4.69, 9.17) is 21.1 Å². The van der Waals surface area contributed by atoms with Crippen LogP contribution in [-0.4, -0.2) is 23.7 Å². The molecule has 2 atom stereocenters. The van der Waals surface area contributed by atoms with Crippen LogP contribution in [-0.2, 0) is 0 Å². The minimum Gasteiger partial charge on any atom is -0.490 e. The van der Waals surface area contributed by atoms with Gasteiger partial charge in [0.25, 0.3) is 0 Å². The number of rotatable bonds is 7. The summed E-state index contributed by atoms with van der Waals surface area (Å²) in [5.41, 5.74) is 0.872. The molecular weight excluding hydrogens is 288 g/mol. The number of halogens is 1. The maximum absolute atomic E-state index is 10.2. The first-order chi connectivity index (χ1) is 10.3. The molecule has 0 bridgehead atoms. The van der Waals surface area contributed by atoms with E-state index in [-0.39, 0.29) is 5.88 Å². The molecule has 0 radical (unpaired) electrons. The molecule has 0 aliphatic carbocycles. The van der Waals surface area contributed by atoms with Crippen LogP contribution in [0.3, 0.4) is 0 Å². The molecule has 2 aromatic rings. The molecule has 1 N–H and O–H groups in total. The SMILES string of the molecule is CCOc1ccccc1O[C@@H](c1ccccc1)[C@H](O)CCl. The van der Waals surface area contributed by atoms with Crippen LogP contribution in [0.1, 0.15) is 18.6 Å². The van der Waals surface area contributed by atoms with Gasteiger partial charge in [-0.15, -0.1) is 11.6 Å². The lowest BCUT2D eigenvalue weighted by atomic mass is 10.1. The van der Waals surface area contributed by atoms with Crippen LogP contribution < -0.4 is 9.47 Å². The van der Waals surface area contributed by atoms with Gasteiger partial charge in [0.2, 0.25) is 0 Å². The van der Waals surface area contributed by atoms with Crippen LogP contribution in [0, 0.1) is 0 Å². The van der Waals surface area contributed by atoms with Crippen LogP contribution in [0.25, 0.3) is 0 Å². The van der Waals surface area contributed by atoms with Crippen LogP contribution in [0.5, 0.6) is 11.5 Å². The topological polar surface area (TPSA) is 38.7 Å². The van der Waals surface area contributed by atoms with Crippen molar-refractivity contribution in [2.75, 3.05) is 12.5 Å². The Kier molecular flexibility index (Phi) is 5.90. The fourth-order valence-corrected chi connectivity index (χ4v) is 2.21. The molecule has 2 aromatic carbocycles. The zero-order valence-corrected chi connectivity index (χ0v) is 12.7. The lowest BCUT2D eigenvalue weighted by Crippen LogP contribution is -2.25. The molecule has 0 unspecified atom stereocenters. The van der Waals surface area contributed by atoms with Crippen molar-refractivity contribution in [3.63, 3.8) is 0 Å². The fourth-order valence-electron chi connectivity index (χ4n) is 2.05. The zero-order valence-electron chi connectivity index (χ0n) is 11.9. The van der Waals surface area contributed by atoms with Crippen molar-refractivity contribution < 1.29 is 14.6 Å². The summed E-state index contributed by atoms with van der Waals surface area (Å²) in [7, 11) is 0. The molecule has 0 spiro atoms. The lowest BCUT2D eigenvalue weighted by molar-refractivity contribution is 0.0481. The van der Waals surface area contributed by atoms with E-state index >= 15 is 0 Å². The standard InChI is InChI=1S/C17H19ClO3/c1-2-20-15-10-6-7-11-16(15)21-17(14(19)12-18)13-8-4-3-5-9-13/h3-11,14,17,19H,2,12H2,1H3/t14-,17+/m1/s1. The Labute approximate surface area is 130 Å². The van der Waals surface area contributed by atoms with Crippen molar-refractivity contribution >= 4 is 11.6 Å². The van der Waals surface area contributed by atoms with Crippen LogP contribution in [0.4, 0.5) is 0 Å². The highest BCUT2D eigenvalue weighted by atomic mass is 35.5. The third kappa shape index (κ3) is 4.13. The van der Waals surface area contributed by atoms with Crippen molar-refractivity contribution in [2.45, 2.75) is 19.1 Å². The predicted octanol–water partition coefficient (Wildman–Crippen LogP) is 3.81. The Bertz CT molecular complexity index is 545. The number of aliphatic hydroxyl groups is 1. The van der Waals surface area contributed by atoms with Gasteiger partial charge in [0.05, 0.1) is 12.5 Å². The van der Waals surface area contributed by atoms with Crippen molar-refractivity contribution in [2.24, 2.45) is 0 Å². The molecule has 3 nitrogen and oxygen atoms in total. The van der Waals surface area contributed by atoms with Gasteiger partial charge in [0.1, 0.15) is 6.10 Å². The van der Waals surface area contributed by atoms with E-state index in [0.717, 1.165) is 5.56 Å². The summed E-state index contributed by atoms with van der Waals surface area (Å²) in [6, 6.07) is 17.0. The number of hydrogen-bond acceptors (Lipinski definition) is 3. The third-order valence-corrected chi connectivity index (χ3v) is 3.35. The Morgan fingerprint density at radius 3 is 2.24 bits per heavy atom. The van der Waals surface area contributed by atoms with E-state index in [9.17, 15) is 5.11 Å². The summed E-state index contributed by atoms with van der Waals surface area (Å²) in [6.45, 7) is 2.47. The van der Waals surface area contributed by atoms with E-state index in [1.807, 2.05) is 61.5 Å². The van der Waals surface area contributed by atoms with E-state index < -0.39 is 12.2 Å². The minimum atomic E-state index is -0.802. The molecule has 0 saturated carbocycles. The summed E-state index contributed by atoms with van der Waals surface area (Å²) < 4.78 is 11.5. The molecule has 4 heteroatoms. The first-order valence-corrected chi connectivity index (χ1v) is 7.47. The number of benzene rings is 2. The lowest BCUT2D eigenvalue weighted by Gasteiger charge is -2.24. The Morgan fingerprint density at radius 1 is 1.00 bits per heavy atom. The quantitative estimate of drug-likeness (QED) is 0.791. The largest absolute Gasteiger partial charge is 0.490 e. The number of ether oxygens (including phenoxy) is 2. The minimum absolute atomic E-state index is 0.0936. The maximum atomic E-state index is 10.2. The van der Waals surface area contributed by atoms with Gasteiger partial charge in [0, 0.05) is 0 Å². The highest BCUT2D eigenvalue weighted by Gasteiger charge is 2.23. The normalized spacial score (nSPS) is 13.5. The van der Waals surface area contributed by atoms with Gasteiger partial charge in [-0.05, 0) is 24.6 Å². The predicted molar refractivity (Wildman–Crippen MR) is 84.1 cm³/mol. The van der Waals surface area contributed by atoms with Gasteiger partial charge in [-0.3, -0.25) is 0 Å². The molecule has 0 aliphatic heterocycles. The van der Waals surface area contributed by atoms with Crippen molar-refractivity contribution in [1.29, 1.82) is 0 Å². The fraction of sp³-hybridized carbons (Fsp3) is 0.294. The molecule has 0 amide bonds. The van der Waals surface area contributed by atoms with E-state index in [0.29, 0.717) is 18.1 Å². The zero-order chi connectivity index (χ0) is 15.1. The van der Waals surface area contributed by atoms with Crippen molar-refractivity contribution in [1.82, 2.24) is 0 Å². The molecular formula is C17H19ClO3. The average Bonchev–Trinajstić information content (AvgIpc) is 2.54. The smallest absolute Gasteiger partial charge is 0.162 e. The monoisotopic (exact) mass is 306 g/mol. The summed E-state index contributed by atoms with van der Waals surface area (Å²) >= 11 is 5.80. The van der Waals surface area contributed by atoms with Crippen LogP contribution in [0.15, 0.2) is 54.6 Å². The summed E-state index contributed by atoms with van der Waals surface area (Å²) in [5, 5.41) is 10.2. The highest BCUT2D eigenvalue weighted by Crippen LogP contribution is 2.32. The van der Waals surface area contributed by atoms with Crippen molar-refractivity contribution in [3.05, 3.63) is 60.2 Å². The summed E-state index contributed by atoms with van der Waals surface area (Å²) in [4.78, 5) is 0. The number of alkyl halides is 1. The van der Waals surface area contributed by atoms with E-state index in [1.54, 1.807) is 0 Å². The first-order valence-electron chi connectivity index (χ1n) is 6.93. The Hall–Kier alpha value is -1.71. The van der Waals surface area contributed by atoms with Crippen molar-refractivity contribution in [3.8, 4) is 11.5 Å². The molecule has 2 rings (SSSR count). The summed E-state index contributed by atoms with van der Waals surface area (Å²) in [6.07, 6.45) is -1.34. The summed E-state index contributed by atoms with van der Waals surface area (Å²) in [5.74, 6) is 1.34. The van der Waals surface area contributed by atoms with Gasteiger partial charge in [-0.25, -0.2) is 0 Å². The number of aliphatic hydroxyl groups excluding tert-OH is 1. The molecule has 0 heterocycles. The first kappa shape index (κ1) is 15.7. The van der Waals surface area contributed by atoms with Crippen LogP contribution in [0.2, 0.25) is 0 Å². The highest BCUT2D eigenvalue weighted by molar-refractivity contribution is 6.18. The third-order valence-electron chi connectivity index (χ3n) is 3.04. The average molecular weight is 307 g/mol. The van der Waals surface area contributed by atoms with Crippen LogP contribution >= 0.6 is 11.6 Å². The van der Waals surface area contributed by atoms with Gasteiger partial charge < -0.3 is 14.6 Å². The van der Waals surface area contributed by atoms with Gasteiger partial charge in [-0.2, -0.15) is 0 Å². The second kappa shape index (κ2) is 7.91. The maximum Gasteiger partial charge on any atom is 0.162 e. The molecule has 112 valence electrons. The molecule has 0 aromatic heterocycles.